The Labute approximate surface area is 134 Å². The number of carbonyl (C=O) groups excluding carboxylic acids is 1. The maximum Gasteiger partial charge on any atom is 0.175 e. The highest BCUT2D eigenvalue weighted by atomic mass is 32.1. The lowest BCUT2D eigenvalue weighted by molar-refractivity contribution is 0.0980. The van der Waals surface area contributed by atoms with Crippen molar-refractivity contribution in [2.45, 2.75) is 12.5 Å². The van der Waals surface area contributed by atoms with Gasteiger partial charge in [-0.1, -0.05) is 54.6 Å². The summed E-state index contributed by atoms with van der Waals surface area (Å²) in [6, 6.07) is 23.9. The van der Waals surface area contributed by atoms with Crippen LogP contribution in [0.1, 0.15) is 27.7 Å². The molecule has 1 atom stereocenters. The summed E-state index contributed by atoms with van der Waals surface area (Å²) in [5.74, 6) is 0.173. The SMILES string of the molecule is O=C(CC(Nc1ccccc1)c1ccccc1)c1cccs1. The quantitative estimate of drug-likeness (QED) is 0.636. The van der Waals surface area contributed by atoms with Crippen molar-refractivity contribution < 1.29 is 4.79 Å². The number of Topliss-reactive ketones (excluding diaryl/α,β-unsaturated/α-hetero) is 1. The predicted molar refractivity (Wildman–Crippen MR) is 92.5 cm³/mol. The van der Waals surface area contributed by atoms with Crippen molar-refractivity contribution in [2.75, 3.05) is 5.32 Å². The molecule has 0 amide bonds. The van der Waals surface area contributed by atoms with Crippen LogP contribution in [0.4, 0.5) is 5.69 Å². The lowest BCUT2D eigenvalue weighted by atomic mass is 10.0. The normalized spacial score (nSPS) is 11.8. The van der Waals surface area contributed by atoms with E-state index in [-0.39, 0.29) is 11.8 Å². The fourth-order valence-corrected chi connectivity index (χ4v) is 3.07. The first-order valence-corrected chi connectivity index (χ1v) is 8.14. The van der Waals surface area contributed by atoms with E-state index in [0.29, 0.717) is 6.42 Å². The molecule has 1 unspecified atom stereocenters. The fraction of sp³-hybridized carbons (Fsp3) is 0.105. The van der Waals surface area contributed by atoms with Crippen LogP contribution in [0.2, 0.25) is 0 Å². The Morgan fingerprint density at radius 2 is 1.59 bits per heavy atom. The van der Waals surface area contributed by atoms with Crippen molar-refractivity contribution in [3.05, 3.63) is 88.6 Å². The number of nitrogens with one attached hydrogen (secondary N) is 1. The summed E-state index contributed by atoms with van der Waals surface area (Å²) < 4.78 is 0. The van der Waals surface area contributed by atoms with Crippen LogP contribution in [0.3, 0.4) is 0 Å². The standard InChI is InChI=1S/C19H17NOS/c21-18(19-12-7-13-22-19)14-17(15-8-3-1-4-9-15)20-16-10-5-2-6-11-16/h1-13,17,20H,14H2. The van der Waals surface area contributed by atoms with Gasteiger partial charge in [0, 0.05) is 12.1 Å². The van der Waals surface area contributed by atoms with Crippen LogP contribution in [0.15, 0.2) is 78.2 Å². The van der Waals surface area contributed by atoms with Crippen LogP contribution >= 0.6 is 11.3 Å². The second-order valence-electron chi connectivity index (χ2n) is 5.08. The molecular formula is C19H17NOS. The highest BCUT2D eigenvalue weighted by molar-refractivity contribution is 7.12. The largest absolute Gasteiger partial charge is 0.378 e. The molecule has 1 aromatic heterocycles. The number of carbonyl (C=O) groups is 1. The van der Waals surface area contributed by atoms with Gasteiger partial charge in [0.25, 0.3) is 0 Å². The van der Waals surface area contributed by atoms with Gasteiger partial charge in [-0.15, -0.1) is 11.3 Å². The molecule has 1 N–H and O–H groups in total. The number of hydrogen-bond donors (Lipinski definition) is 1. The molecule has 0 saturated carbocycles. The van der Waals surface area contributed by atoms with Gasteiger partial charge < -0.3 is 5.32 Å². The molecule has 0 spiro atoms. The molecule has 0 saturated heterocycles. The molecule has 3 rings (SSSR count). The zero-order valence-corrected chi connectivity index (χ0v) is 12.9. The summed E-state index contributed by atoms with van der Waals surface area (Å²) in [4.78, 5) is 13.3. The molecule has 0 aliphatic heterocycles. The van der Waals surface area contributed by atoms with Crippen LogP contribution in [0.5, 0.6) is 0 Å². The van der Waals surface area contributed by atoms with Crippen LogP contribution in [0, 0.1) is 0 Å². The van der Waals surface area contributed by atoms with Gasteiger partial charge >= 0.3 is 0 Å². The van der Waals surface area contributed by atoms with Gasteiger partial charge in [-0.05, 0) is 29.1 Å². The zero-order valence-electron chi connectivity index (χ0n) is 12.1. The minimum atomic E-state index is -0.0294. The Kier molecular flexibility index (Phi) is 4.66. The van der Waals surface area contributed by atoms with Gasteiger partial charge in [0.1, 0.15) is 0 Å². The van der Waals surface area contributed by atoms with Crippen molar-refractivity contribution in [1.29, 1.82) is 0 Å². The highest BCUT2D eigenvalue weighted by Gasteiger charge is 2.17. The number of benzene rings is 2. The zero-order chi connectivity index (χ0) is 15.2. The van der Waals surface area contributed by atoms with Gasteiger partial charge in [0.15, 0.2) is 5.78 Å². The highest BCUT2D eigenvalue weighted by Crippen LogP contribution is 2.25. The first-order valence-electron chi connectivity index (χ1n) is 7.26. The smallest absolute Gasteiger partial charge is 0.175 e. The molecule has 3 aromatic rings. The monoisotopic (exact) mass is 307 g/mol. The van der Waals surface area contributed by atoms with Crippen LogP contribution < -0.4 is 5.32 Å². The van der Waals surface area contributed by atoms with E-state index in [1.807, 2.05) is 66.0 Å². The topological polar surface area (TPSA) is 29.1 Å². The maximum absolute atomic E-state index is 12.5. The molecule has 1 heterocycles. The summed E-state index contributed by atoms with van der Waals surface area (Å²) in [5.41, 5.74) is 2.14. The molecule has 0 bridgehead atoms. The number of para-hydroxylation sites is 1. The lowest BCUT2D eigenvalue weighted by Crippen LogP contribution is -2.15. The van der Waals surface area contributed by atoms with Crippen LogP contribution in [0.25, 0.3) is 0 Å². The van der Waals surface area contributed by atoms with Gasteiger partial charge in [0.05, 0.1) is 10.9 Å². The Balaban J connectivity index is 1.82. The molecular weight excluding hydrogens is 290 g/mol. The minimum absolute atomic E-state index is 0.0294. The third-order valence-electron chi connectivity index (χ3n) is 3.50. The third-order valence-corrected chi connectivity index (χ3v) is 4.41. The van der Waals surface area contributed by atoms with E-state index < -0.39 is 0 Å². The summed E-state index contributed by atoms with van der Waals surface area (Å²) in [6.07, 6.45) is 0.444. The van der Waals surface area contributed by atoms with Crippen LogP contribution in [-0.2, 0) is 0 Å². The van der Waals surface area contributed by atoms with E-state index in [4.69, 9.17) is 0 Å². The molecule has 0 fully saturated rings. The lowest BCUT2D eigenvalue weighted by Gasteiger charge is -2.19. The molecule has 22 heavy (non-hydrogen) atoms. The second kappa shape index (κ2) is 7.05. The van der Waals surface area contributed by atoms with Crippen molar-refractivity contribution >= 4 is 22.8 Å². The van der Waals surface area contributed by atoms with E-state index in [9.17, 15) is 4.79 Å². The number of thiophene rings is 1. The second-order valence-corrected chi connectivity index (χ2v) is 6.03. The summed E-state index contributed by atoms with van der Waals surface area (Å²) in [6.45, 7) is 0. The van der Waals surface area contributed by atoms with Gasteiger partial charge in [-0.25, -0.2) is 0 Å². The van der Waals surface area contributed by atoms with E-state index >= 15 is 0 Å². The van der Waals surface area contributed by atoms with Gasteiger partial charge in [-0.2, -0.15) is 0 Å². The first-order chi connectivity index (χ1) is 10.8. The molecule has 2 nitrogen and oxygen atoms in total. The Hall–Kier alpha value is -2.39. The van der Waals surface area contributed by atoms with E-state index in [1.165, 1.54) is 11.3 Å². The third kappa shape index (κ3) is 3.62. The molecule has 0 aliphatic carbocycles. The summed E-state index contributed by atoms with van der Waals surface area (Å²) in [7, 11) is 0. The van der Waals surface area contributed by atoms with Crippen molar-refractivity contribution in [2.24, 2.45) is 0 Å². The number of anilines is 1. The first kappa shape index (κ1) is 14.5. The maximum atomic E-state index is 12.5. The van der Waals surface area contributed by atoms with Crippen molar-refractivity contribution in [3.8, 4) is 0 Å². The van der Waals surface area contributed by atoms with Crippen molar-refractivity contribution in [3.63, 3.8) is 0 Å². The molecule has 0 aliphatic rings. The Morgan fingerprint density at radius 3 is 2.23 bits per heavy atom. The number of hydrogen-bond acceptors (Lipinski definition) is 3. The van der Waals surface area contributed by atoms with Gasteiger partial charge in [-0.3, -0.25) is 4.79 Å². The van der Waals surface area contributed by atoms with E-state index in [2.05, 4.69) is 17.4 Å². The fourth-order valence-electron chi connectivity index (χ4n) is 2.40. The molecule has 110 valence electrons. The average molecular weight is 307 g/mol. The number of rotatable bonds is 6. The summed E-state index contributed by atoms with van der Waals surface area (Å²) >= 11 is 1.50. The predicted octanol–water partition coefficient (Wildman–Crippen LogP) is 5.17. The Bertz CT molecular complexity index is 708. The number of ketones is 1. The molecule has 3 heteroatoms. The molecule has 2 aromatic carbocycles. The minimum Gasteiger partial charge on any atom is -0.378 e. The van der Waals surface area contributed by atoms with Gasteiger partial charge in [0.2, 0.25) is 0 Å². The Morgan fingerprint density at radius 1 is 0.909 bits per heavy atom. The van der Waals surface area contributed by atoms with E-state index in [1.54, 1.807) is 0 Å². The van der Waals surface area contributed by atoms with Crippen LogP contribution in [-0.4, -0.2) is 5.78 Å². The molecule has 0 radical (unpaired) electrons. The van der Waals surface area contributed by atoms with Crippen molar-refractivity contribution in [1.82, 2.24) is 0 Å². The summed E-state index contributed by atoms with van der Waals surface area (Å²) in [5, 5.41) is 5.41. The van der Waals surface area contributed by atoms with E-state index in [0.717, 1.165) is 16.1 Å². The average Bonchev–Trinajstić information content (AvgIpc) is 3.11.